The van der Waals surface area contributed by atoms with Crippen LogP contribution in [-0.2, 0) is 12.3 Å². The zero-order valence-electron chi connectivity index (χ0n) is 10.7. The normalized spacial score (nSPS) is 10.5. The van der Waals surface area contributed by atoms with Gasteiger partial charge in [0.2, 0.25) is 0 Å². The van der Waals surface area contributed by atoms with Crippen LogP contribution < -0.4 is 10.5 Å². The summed E-state index contributed by atoms with van der Waals surface area (Å²) in [6.07, 6.45) is 0. The second-order valence-corrected chi connectivity index (χ2v) is 6.06. The molecule has 19 heavy (non-hydrogen) atoms. The Kier molecular flexibility index (Phi) is 5.31. The number of halogens is 1. The van der Waals surface area contributed by atoms with Gasteiger partial charge in [0.05, 0.1) is 7.11 Å². The van der Waals surface area contributed by atoms with Crippen molar-refractivity contribution in [1.82, 2.24) is 0 Å². The molecule has 100 valence electrons. The predicted molar refractivity (Wildman–Crippen MR) is 84.6 cm³/mol. The highest BCUT2D eigenvalue weighted by Crippen LogP contribution is 2.29. The first kappa shape index (κ1) is 14.4. The molecule has 2 aromatic rings. The molecule has 0 unspecified atom stereocenters. The minimum Gasteiger partial charge on any atom is -0.496 e. The van der Waals surface area contributed by atoms with E-state index in [9.17, 15) is 0 Å². The second kappa shape index (κ2) is 6.98. The zero-order chi connectivity index (χ0) is 13.7. The third-order valence-corrected chi connectivity index (χ3v) is 4.38. The van der Waals surface area contributed by atoms with Crippen LogP contribution in [0.2, 0.25) is 0 Å². The Labute approximate surface area is 126 Å². The van der Waals surface area contributed by atoms with Crippen LogP contribution in [0.5, 0.6) is 5.75 Å². The number of ether oxygens (including phenoxy) is 1. The Hall–Kier alpha value is -0.970. The highest BCUT2D eigenvalue weighted by atomic mass is 79.9. The van der Waals surface area contributed by atoms with Gasteiger partial charge in [0.25, 0.3) is 0 Å². The Bertz CT molecular complexity index is 542. The van der Waals surface area contributed by atoms with Crippen molar-refractivity contribution in [3.8, 4) is 5.75 Å². The first-order chi connectivity index (χ1) is 9.22. The fraction of sp³-hybridized carbons (Fsp3) is 0.200. The smallest absolute Gasteiger partial charge is 0.122 e. The zero-order valence-corrected chi connectivity index (χ0v) is 13.1. The lowest BCUT2D eigenvalue weighted by Gasteiger charge is -2.10. The van der Waals surface area contributed by atoms with Gasteiger partial charge in [-0.05, 0) is 42.0 Å². The van der Waals surface area contributed by atoms with Crippen LogP contribution in [0.3, 0.4) is 0 Å². The van der Waals surface area contributed by atoms with E-state index in [1.54, 1.807) is 18.9 Å². The van der Waals surface area contributed by atoms with Gasteiger partial charge < -0.3 is 10.5 Å². The van der Waals surface area contributed by atoms with Gasteiger partial charge in [-0.25, -0.2) is 0 Å². The number of rotatable bonds is 5. The lowest BCUT2D eigenvalue weighted by atomic mass is 10.1. The molecule has 0 aliphatic carbocycles. The average Bonchev–Trinajstić information content (AvgIpc) is 2.46. The molecule has 2 rings (SSSR count). The van der Waals surface area contributed by atoms with Crippen molar-refractivity contribution < 1.29 is 4.74 Å². The molecule has 0 aliphatic heterocycles. The maximum absolute atomic E-state index is 5.68. The quantitative estimate of drug-likeness (QED) is 0.830. The number of hydrogen-bond donors (Lipinski definition) is 1. The van der Waals surface area contributed by atoms with Crippen LogP contribution in [0.4, 0.5) is 0 Å². The molecule has 2 N–H and O–H groups in total. The summed E-state index contributed by atoms with van der Waals surface area (Å²) in [7, 11) is 1.70. The molecule has 0 radical (unpaired) electrons. The van der Waals surface area contributed by atoms with Crippen molar-refractivity contribution >= 4 is 27.7 Å². The topological polar surface area (TPSA) is 35.2 Å². The van der Waals surface area contributed by atoms with Crippen LogP contribution in [0.25, 0.3) is 0 Å². The van der Waals surface area contributed by atoms with Gasteiger partial charge in [0.15, 0.2) is 0 Å². The number of thioether (sulfide) groups is 1. The van der Waals surface area contributed by atoms with Crippen LogP contribution in [0.1, 0.15) is 11.1 Å². The van der Waals surface area contributed by atoms with E-state index in [1.165, 1.54) is 10.5 Å². The molecule has 0 atom stereocenters. The van der Waals surface area contributed by atoms with Gasteiger partial charge in [-0.1, -0.05) is 22.0 Å². The summed E-state index contributed by atoms with van der Waals surface area (Å²) < 4.78 is 6.49. The number of nitrogens with two attached hydrogens (primary N) is 1. The van der Waals surface area contributed by atoms with E-state index < -0.39 is 0 Å². The molecule has 0 aliphatic rings. The molecule has 0 saturated carbocycles. The maximum Gasteiger partial charge on any atom is 0.122 e. The van der Waals surface area contributed by atoms with Gasteiger partial charge in [0.1, 0.15) is 5.75 Å². The van der Waals surface area contributed by atoms with Gasteiger partial charge in [-0.2, -0.15) is 0 Å². The molecule has 4 heteroatoms. The SMILES string of the molecule is COc1ccc(CN)cc1CSc1ccc(Br)cc1. The van der Waals surface area contributed by atoms with Gasteiger partial charge in [-0.15, -0.1) is 11.8 Å². The minimum atomic E-state index is 0.556. The first-order valence-corrected chi connectivity index (χ1v) is 7.75. The summed E-state index contributed by atoms with van der Waals surface area (Å²) in [6.45, 7) is 0.556. The van der Waals surface area contributed by atoms with Crippen molar-refractivity contribution in [3.63, 3.8) is 0 Å². The minimum absolute atomic E-state index is 0.556. The Morgan fingerprint density at radius 1 is 1.16 bits per heavy atom. The van der Waals surface area contributed by atoms with Crippen molar-refractivity contribution in [2.45, 2.75) is 17.2 Å². The van der Waals surface area contributed by atoms with Gasteiger partial charge >= 0.3 is 0 Å². The molecule has 0 bridgehead atoms. The molecule has 0 amide bonds. The fourth-order valence-electron chi connectivity index (χ4n) is 1.76. The highest BCUT2D eigenvalue weighted by molar-refractivity contribution is 9.10. The van der Waals surface area contributed by atoms with Crippen LogP contribution in [0, 0.1) is 0 Å². The third-order valence-electron chi connectivity index (χ3n) is 2.79. The standard InChI is InChI=1S/C15H16BrNOS/c1-18-15-7-2-11(9-17)8-12(15)10-19-14-5-3-13(16)4-6-14/h2-8H,9-10,17H2,1H3. The van der Waals surface area contributed by atoms with Crippen molar-refractivity contribution in [2.24, 2.45) is 5.73 Å². The Morgan fingerprint density at radius 3 is 2.53 bits per heavy atom. The third kappa shape index (κ3) is 4.00. The highest BCUT2D eigenvalue weighted by Gasteiger charge is 2.05. The van der Waals surface area contributed by atoms with E-state index >= 15 is 0 Å². The summed E-state index contributed by atoms with van der Waals surface area (Å²) in [5.41, 5.74) is 7.99. The van der Waals surface area contributed by atoms with Gasteiger partial charge in [-0.3, -0.25) is 0 Å². The van der Waals surface area contributed by atoms with E-state index in [0.717, 1.165) is 21.5 Å². The van der Waals surface area contributed by atoms with Crippen molar-refractivity contribution in [2.75, 3.05) is 7.11 Å². The Balaban J connectivity index is 2.11. The molecule has 0 aromatic heterocycles. The molecule has 0 heterocycles. The van der Waals surface area contributed by atoms with E-state index in [1.807, 2.05) is 12.1 Å². The predicted octanol–water partition coefficient (Wildman–Crippen LogP) is 4.21. The summed E-state index contributed by atoms with van der Waals surface area (Å²) in [5.74, 6) is 1.79. The van der Waals surface area contributed by atoms with Crippen LogP contribution >= 0.6 is 27.7 Å². The molecule has 2 nitrogen and oxygen atoms in total. The summed E-state index contributed by atoms with van der Waals surface area (Å²) in [6, 6.07) is 14.4. The largest absolute Gasteiger partial charge is 0.496 e. The lowest BCUT2D eigenvalue weighted by Crippen LogP contribution is -1.98. The van der Waals surface area contributed by atoms with Gasteiger partial charge in [0, 0.05) is 27.2 Å². The molecular weight excluding hydrogens is 322 g/mol. The summed E-state index contributed by atoms with van der Waals surface area (Å²) in [4.78, 5) is 1.24. The monoisotopic (exact) mass is 337 g/mol. The first-order valence-electron chi connectivity index (χ1n) is 5.97. The number of hydrogen-bond acceptors (Lipinski definition) is 3. The number of methoxy groups -OCH3 is 1. The molecule has 2 aromatic carbocycles. The number of benzene rings is 2. The summed E-state index contributed by atoms with van der Waals surface area (Å²) in [5, 5.41) is 0. The summed E-state index contributed by atoms with van der Waals surface area (Å²) >= 11 is 5.23. The maximum atomic E-state index is 5.68. The van der Waals surface area contributed by atoms with Crippen LogP contribution in [-0.4, -0.2) is 7.11 Å². The van der Waals surface area contributed by atoms with Crippen molar-refractivity contribution in [3.05, 3.63) is 58.1 Å². The Morgan fingerprint density at radius 2 is 1.89 bits per heavy atom. The lowest BCUT2D eigenvalue weighted by molar-refractivity contribution is 0.411. The van der Waals surface area contributed by atoms with E-state index in [0.29, 0.717) is 6.54 Å². The van der Waals surface area contributed by atoms with E-state index in [2.05, 4.69) is 46.3 Å². The van der Waals surface area contributed by atoms with E-state index in [-0.39, 0.29) is 0 Å². The molecule has 0 spiro atoms. The molecular formula is C15H16BrNOS. The molecule has 0 fully saturated rings. The fourth-order valence-corrected chi connectivity index (χ4v) is 2.90. The van der Waals surface area contributed by atoms with E-state index in [4.69, 9.17) is 10.5 Å². The average molecular weight is 338 g/mol. The second-order valence-electron chi connectivity index (χ2n) is 4.09. The molecule has 0 saturated heterocycles. The van der Waals surface area contributed by atoms with Crippen molar-refractivity contribution in [1.29, 1.82) is 0 Å². The van der Waals surface area contributed by atoms with Crippen LogP contribution in [0.15, 0.2) is 51.8 Å².